The van der Waals surface area contributed by atoms with Gasteiger partial charge in [-0.05, 0) is 47.4 Å². The molecule has 1 N–H and O–H groups in total. The average molecular weight is 376 g/mol. The maximum Gasteiger partial charge on any atom is 0.323 e. The molecular formula is C12H13IN2O4. The number of rotatable bonds is 6. The molecule has 1 aromatic rings. The van der Waals surface area contributed by atoms with E-state index in [0.29, 0.717) is 16.0 Å². The predicted octanol–water partition coefficient (Wildman–Crippen LogP) is 2.50. The molecule has 0 atom stereocenters. The van der Waals surface area contributed by atoms with E-state index in [2.05, 4.69) is 0 Å². The van der Waals surface area contributed by atoms with Crippen LogP contribution in [0.5, 0.6) is 0 Å². The van der Waals surface area contributed by atoms with Gasteiger partial charge in [0.1, 0.15) is 6.54 Å². The van der Waals surface area contributed by atoms with E-state index in [1.54, 1.807) is 11.0 Å². The van der Waals surface area contributed by atoms with E-state index >= 15 is 0 Å². The van der Waals surface area contributed by atoms with Gasteiger partial charge in [0.05, 0.1) is 10.6 Å². The number of halogens is 1. The van der Waals surface area contributed by atoms with Gasteiger partial charge in [-0.25, -0.2) is 0 Å². The van der Waals surface area contributed by atoms with E-state index < -0.39 is 10.9 Å². The molecule has 0 spiro atoms. The van der Waals surface area contributed by atoms with E-state index in [1.165, 1.54) is 12.1 Å². The number of hydrogen-bond acceptors (Lipinski definition) is 4. The van der Waals surface area contributed by atoms with Crippen LogP contribution in [-0.4, -0.2) is 29.1 Å². The Labute approximate surface area is 123 Å². The molecule has 1 aliphatic carbocycles. The van der Waals surface area contributed by atoms with Gasteiger partial charge in [0, 0.05) is 22.2 Å². The fourth-order valence-corrected chi connectivity index (χ4v) is 2.73. The largest absolute Gasteiger partial charge is 0.480 e. The summed E-state index contributed by atoms with van der Waals surface area (Å²) in [7, 11) is 0. The molecule has 19 heavy (non-hydrogen) atoms. The minimum Gasteiger partial charge on any atom is -0.480 e. The zero-order chi connectivity index (χ0) is 14.0. The van der Waals surface area contributed by atoms with Crippen molar-refractivity contribution in [2.75, 3.05) is 18.0 Å². The van der Waals surface area contributed by atoms with Crippen molar-refractivity contribution >= 4 is 39.9 Å². The van der Waals surface area contributed by atoms with Gasteiger partial charge in [0.2, 0.25) is 0 Å². The second kappa shape index (κ2) is 5.72. The zero-order valence-electron chi connectivity index (χ0n) is 10.1. The van der Waals surface area contributed by atoms with Crippen LogP contribution < -0.4 is 4.90 Å². The maximum absolute atomic E-state index is 10.9. The molecule has 1 aromatic carbocycles. The lowest BCUT2D eigenvalue weighted by Gasteiger charge is -2.23. The van der Waals surface area contributed by atoms with Gasteiger partial charge in [-0.15, -0.1) is 0 Å². The Hall–Kier alpha value is -1.38. The standard InChI is InChI=1S/C12H13IN2O4/c13-10-5-9(15(18)19)3-4-11(10)14(7-12(16)17)6-8-1-2-8/h3-5,8H,1-2,6-7H2,(H,16,17). The predicted molar refractivity (Wildman–Crippen MR) is 78.4 cm³/mol. The lowest BCUT2D eigenvalue weighted by Crippen LogP contribution is -2.32. The molecule has 1 aliphatic rings. The molecule has 0 radical (unpaired) electrons. The van der Waals surface area contributed by atoms with E-state index in [4.69, 9.17) is 5.11 Å². The molecule has 0 aliphatic heterocycles. The van der Waals surface area contributed by atoms with Gasteiger partial charge in [0.15, 0.2) is 0 Å². The number of carboxylic acid groups (broad SMARTS) is 1. The molecule has 0 amide bonds. The molecule has 0 heterocycles. The van der Waals surface area contributed by atoms with Gasteiger partial charge < -0.3 is 10.0 Å². The first kappa shape index (κ1) is 14.0. The van der Waals surface area contributed by atoms with Gasteiger partial charge in [0.25, 0.3) is 5.69 Å². The highest BCUT2D eigenvalue weighted by Gasteiger charge is 2.26. The van der Waals surface area contributed by atoms with Crippen molar-refractivity contribution < 1.29 is 14.8 Å². The van der Waals surface area contributed by atoms with Crippen LogP contribution in [0.3, 0.4) is 0 Å². The molecule has 0 unspecified atom stereocenters. The molecule has 7 heteroatoms. The Morgan fingerprint density at radius 1 is 1.53 bits per heavy atom. The number of aliphatic carboxylic acids is 1. The first-order valence-electron chi connectivity index (χ1n) is 5.88. The van der Waals surface area contributed by atoms with Crippen molar-refractivity contribution in [3.63, 3.8) is 0 Å². The van der Waals surface area contributed by atoms with Crippen LogP contribution in [0.2, 0.25) is 0 Å². The van der Waals surface area contributed by atoms with E-state index in [-0.39, 0.29) is 12.2 Å². The topological polar surface area (TPSA) is 83.7 Å². The average Bonchev–Trinajstić information content (AvgIpc) is 3.11. The molecular weight excluding hydrogens is 363 g/mol. The van der Waals surface area contributed by atoms with Crippen molar-refractivity contribution in [1.82, 2.24) is 0 Å². The molecule has 0 saturated heterocycles. The second-order valence-electron chi connectivity index (χ2n) is 4.61. The number of nitro benzene ring substituents is 1. The minimum absolute atomic E-state index is 0.0230. The Bertz CT molecular complexity index is 516. The number of benzene rings is 1. The molecule has 1 saturated carbocycles. The molecule has 0 aromatic heterocycles. The lowest BCUT2D eigenvalue weighted by atomic mass is 10.2. The summed E-state index contributed by atoms with van der Waals surface area (Å²) >= 11 is 2.01. The maximum atomic E-state index is 10.9. The van der Waals surface area contributed by atoms with Crippen LogP contribution in [0.25, 0.3) is 0 Å². The molecule has 2 rings (SSSR count). The van der Waals surface area contributed by atoms with Crippen LogP contribution in [0.1, 0.15) is 12.8 Å². The summed E-state index contributed by atoms with van der Waals surface area (Å²) in [6.45, 7) is 0.616. The summed E-state index contributed by atoms with van der Waals surface area (Å²) < 4.78 is 0.703. The third kappa shape index (κ3) is 3.79. The number of carboxylic acids is 1. The van der Waals surface area contributed by atoms with E-state index in [1.807, 2.05) is 22.6 Å². The van der Waals surface area contributed by atoms with Gasteiger partial charge in [-0.3, -0.25) is 14.9 Å². The zero-order valence-corrected chi connectivity index (χ0v) is 12.2. The van der Waals surface area contributed by atoms with Crippen LogP contribution >= 0.6 is 22.6 Å². The lowest BCUT2D eigenvalue weighted by molar-refractivity contribution is -0.384. The Morgan fingerprint density at radius 2 is 2.21 bits per heavy atom. The summed E-state index contributed by atoms with van der Waals surface area (Å²) in [5.41, 5.74) is 0.773. The number of nitro groups is 1. The highest BCUT2D eigenvalue weighted by molar-refractivity contribution is 14.1. The van der Waals surface area contributed by atoms with Crippen LogP contribution in [0, 0.1) is 19.6 Å². The normalized spacial score (nSPS) is 14.2. The smallest absolute Gasteiger partial charge is 0.323 e. The summed E-state index contributed by atoms with van der Waals surface area (Å²) in [5, 5.41) is 19.7. The van der Waals surface area contributed by atoms with E-state index in [0.717, 1.165) is 18.5 Å². The highest BCUT2D eigenvalue weighted by atomic mass is 127. The van der Waals surface area contributed by atoms with Crippen LogP contribution in [0.4, 0.5) is 11.4 Å². The number of carbonyl (C=O) groups is 1. The monoisotopic (exact) mass is 376 g/mol. The molecule has 6 nitrogen and oxygen atoms in total. The highest BCUT2D eigenvalue weighted by Crippen LogP contribution is 2.33. The number of anilines is 1. The van der Waals surface area contributed by atoms with Crippen molar-refractivity contribution in [1.29, 1.82) is 0 Å². The van der Waals surface area contributed by atoms with Gasteiger partial charge in [-0.1, -0.05) is 0 Å². The number of nitrogens with zero attached hydrogens (tertiary/aromatic N) is 2. The first-order chi connectivity index (χ1) is 8.97. The fourth-order valence-electron chi connectivity index (χ4n) is 1.89. The van der Waals surface area contributed by atoms with E-state index in [9.17, 15) is 14.9 Å². The summed E-state index contributed by atoms with van der Waals surface area (Å²) in [6, 6.07) is 4.52. The summed E-state index contributed by atoms with van der Waals surface area (Å²) in [5.74, 6) is -0.347. The van der Waals surface area contributed by atoms with Gasteiger partial charge in [-0.2, -0.15) is 0 Å². The van der Waals surface area contributed by atoms with Crippen molar-refractivity contribution in [2.24, 2.45) is 5.92 Å². The van der Waals surface area contributed by atoms with Crippen LogP contribution in [-0.2, 0) is 4.79 Å². The Kier molecular flexibility index (Phi) is 4.23. The Balaban J connectivity index is 2.24. The van der Waals surface area contributed by atoms with Crippen molar-refractivity contribution in [3.8, 4) is 0 Å². The minimum atomic E-state index is -0.894. The first-order valence-corrected chi connectivity index (χ1v) is 6.96. The Morgan fingerprint density at radius 3 is 2.68 bits per heavy atom. The van der Waals surface area contributed by atoms with Crippen molar-refractivity contribution in [3.05, 3.63) is 31.9 Å². The third-order valence-corrected chi connectivity index (χ3v) is 3.85. The number of hydrogen-bond donors (Lipinski definition) is 1. The molecule has 102 valence electrons. The van der Waals surface area contributed by atoms with Crippen molar-refractivity contribution in [2.45, 2.75) is 12.8 Å². The third-order valence-electron chi connectivity index (χ3n) is 2.98. The summed E-state index contributed by atoms with van der Waals surface area (Å²) in [6.07, 6.45) is 2.25. The quantitative estimate of drug-likeness (QED) is 0.469. The number of non-ortho nitro benzene ring substituents is 1. The fraction of sp³-hybridized carbons (Fsp3) is 0.417. The second-order valence-corrected chi connectivity index (χ2v) is 5.77. The van der Waals surface area contributed by atoms with Crippen LogP contribution in [0.15, 0.2) is 18.2 Å². The molecule has 0 bridgehead atoms. The van der Waals surface area contributed by atoms with Gasteiger partial charge >= 0.3 is 5.97 Å². The SMILES string of the molecule is O=C(O)CN(CC1CC1)c1ccc([N+](=O)[O-])cc1I. The molecule has 1 fully saturated rings. The summed E-state index contributed by atoms with van der Waals surface area (Å²) in [4.78, 5) is 22.9.